The van der Waals surface area contributed by atoms with Crippen LogP contribution in [-0.4, -0.2) is 72.4 Å². The number of carbonyl (C=O) groups is 2. The molecule has 0 radical (unpaired) electrons. The van der Waals surface area contributed by atoms with Gasteiger partial charge in [0.15, 0.2) is 0 Å². The number of piperazine rings is 1. The lowest BCUT2D eigenvalue weighted by Gasteiger charge is -2.37. The number of hydrogen-bond acceptors (Lipinski definition) is 5. The fraction of sp³-hybridized carbons (Fsp3) is 0.562. The third-order valence-corrected chi connectivity index (χ3v) is 4.59. The normalized spacial score (nSPS) is 19.1. The molecule has 2 amide bonds. The summed E-state index contributed by atoms with van der Waals surface area (Å²) in [5.74, 6) is -0.267. The first-order valence-electron chi connectivity index (χ1n) is 8.14. The molecule has 124 valence electrons. The second-order valence-corrected chi connectivity index (χ2v) is 6.11. The molecule has 0 aromatic carbocycles. The Balaban J connectivity index is 1.58. The molecule has 3 heterocycles. The topological polar surface area (TPSA) is 82.8 Å². The van der Waals surface area contributed by atoms with E-state index in [-0.39, 0.29) is 5.91 Å². The van der Waals surface area contributed by atoms with Gasteiger partial charge in [-0.1, -0.05) is 0 Å². The molecule has 2 aliphatic rings. The van der Waals surface area contributed by atoms with Gasteiger partial charge in [-0.25, -0.2) is 0 Å². The van der Waals surface area contributed by atoms with Crippen LogP contribution in [0, 0.1) is 0 Å². The number of aromatic nitrogens is 1. The molecule has 2 aliphatic heterocycles. The van der Waals surface area contributed by atoms with E-state index < -0.39 is 5.91 Å². The highest BCUT2D eigenvalue weighted by Crippen LogP contribution is 2.20. The number of primary amides is 1. The van der Waals surface area contributed by atoms with Crippen molar-refractivity contribution >= 4 is 17.5 Å². The first-order chi connectivity index (χ1) is 11.1. The Bertz CT molecular complexity index is 578. The minimum atomic E-state index is -0.472. The molecule has 7 heteroatoms. The Morgan fingerprint density at radius 3 is 2.43 bits per heavy atom. The zero-order chi connectivity index (χ0) is 16.2. The molecule has 2 saturated heterocycles. The van der Waals surface area contributed by atoms with Gasteiger partial charge in [0.2, 0.25) is 5.91 Å². The van der Waals surface area contributed by atoms with Gasteiger partial charge in [0.05, 0.1) is 17.8 Å². The van der Waals surface area contributed by atoms with Crippen LogP contribution in [0.15, 0.2) is 18.5 Å². The zero-order valence-electron chi connectivity index (χ0n) is 13.3. The lowest BCUT2D eigenvalue weighted by atomic mass is 10.2. The van der Waals surface area contributed by atoms with Crippen molar-refractivity contribution in [3.05, 3.63) is 24.0 Å². The summed E-state index contributed by atoms with van der Waals surface area (Å²) in [6.45, 7) is 5.35. The van der Waals surface area contributed by atoms with E-state index in [1.807, 2.05) is 11.0 Å². The minimum absolute atomic E-state index is 0.205. The van der Waals surface area contributed by atoms with Crippen molar-refractivity contribution in [2.45, 2.75) is 12.8 Å². The van der Waals surface area contributed by atoms with Crippen molar-refractivity contribution in [2.24, 2.45) is 5.73 Å². The van der Waals surface area contributed by atoms with E-state index in [0.717, 1.165) is 18.8 Å². The van der Waals surface area contributed by atoms with Crippen molar-refractivity contribution in [1.82, 2.24) is 14.8 Å². The van der Waals surface area contributed by atoms with Crippen molar-refractivity contribution < 1.29 is 9.59 Å². The van der Waals surface area contributed by atoms with Gasteiger partial charge in [-0.3, -0.25) is 19.5 Å². The van der Waals surface area contributed by atoms with E-state index in [2.05, 4.69) is 14.8 Å². The Hall–Kier alpha value is -2.15. The summed E-state index contributed by atoms with van der Waals surface area (Å²) < 4.78 is 0. The molecule has 0 aliphatic carbocycles. The van der Waals surface area contributed by atoms with Gasteiger partial charge in [-0.2, -0.15) is 0 Å². The van der Waals surface area contributed by atoms with Gasteiger partial charge in [0.25, 0.3) is 5.91 Å². The maximum atomic E-state index is 12.4. The Morgan fingerprint density at radius 1 is 1.09 bits per heavy atom. The number of hydrogen-bond donors (Lipinski definition) is 1. The molecule has 7 nitrogen and oxygen atoms in total. The van der Waals surface area contributed by atoms with Crippen LogP contribution in [0.4, 0.5) is 5.69 Å². The Morgan fingerprint density at radius 2 is 1.78 bits per heavy atom. The molecular formula is C16H23N5O2. The predicted octanol–water partition coefficient (Wildman–Crippen LogP) is -0.0751. The van der Waals surface area contributed by atoms with Crippen LogP contribution < -0.4 is 10.6 Å². The smallest absolute Gasteiger partial charge is 0.252 e. The van der Waals surface area contributed by atoms with Crippen molar-refractivity contribution in [2.75, 3.05) is 50.7 Å². The second kappa shape index (κ2) is 6.95. The van der Waals surface area contributed by atoms with E-state index in [1.165, 1.54) is 19.0 Å². The Kier molecular flexibility index (Phi) is 4.76. The monoisotopic (exact) mass is 317 g/mol. The number of nitrogens with zero attached hydrogens (tertiary/aromatic N) is 4. The largest absolute Gasteiger partial charge is 0.367 e. The van der Waals surface area contributed by atoms with Crippen LogP contribution in [0.2, 0.25) is 0 Å². The molecule has 2 N–H and O–H groups in total. The summed E-state index contributed by atoms with van der Waals surface area (Å²) in [4.78, 5) is 34.1. The van der Waals surface area contributed by atoms with Crippen LogP contribution >= 0.6 is 0 Å². The molecule has 23 heavy (non-hydrogen) atoms. The standard InChI is InChI=1S/C16H23N5O2/c17-16(23)13-11-18-4-3-14(13)20-7-9-21(10-8-20)15(22)12-19-5-1-2-6-19/h3-4,11H,1-2,5-10,12H2,(H2,17,23). The molecule has 0 spiro atoms. The third kappa shape index (κ3) is 3.61. The summed E-state index contributed by atoms with van der Waals surface area (Å²) in [5, 5.41) is 0. The van der Waals surface area contributed by atoms with Gasteiger partial charge >= 0.3 is 0 Å². The lowest BCUT2D eigenvalue weighted by Crippen LogP contribution is -2.51. The van der Waals surface area contributed by atoms with Crippen LogP contribution in [-0.2, 0) is 4.79 Å². The fourth-order valence-corrected chi connectivity index (χ4v) is 3.28. The maximum absolute atomic E-state index is 12.4. The van der Waals surface area contributed by atoms with Crippen LogP contribution in [0.5, 0.6) is 0 Å². The van der Waals surface area contributed by atoms with Crippen LogP contribution in [0.3, 0.4) is 0 Å². The quantitative estimate of drug-likeness (QED) is 0.840. The highest BCUT2D eigenvalue weighted by Gasteiger charge is 2.25. The molecule has 2 fully saturated rings. The van der Waals surface area contributed by atoms with Crippen molar-refractivity contribution in [3.63, 3.8) is 0 Å². The molecule has 3 rings (SSSR count). The highest BCUT2D eigenvalue weighted by molar-refractivity contribution is 5.98. The van der Waals surface area contributed by atoms with Gasteiger partial charge in [-0.15, -0.1) is 0 Å². The van der Waals surface area contributed by atoms with Crippen molar-refractivity contribution in [3.8, 4) is 0 Å². The van der Waals surface area contributed by atoms with Crippen LogP contribution in [0.25, 0.3) is 0 Å². The second-order valence-electron chi connectivity index (χ2n) is 6.11. The van der Waals surface area contributed by atoms with Gasteiger partial charge in [0, 0.05) is 38.6 Å². The summed E-state index contributed by atoms with van der Waals surface area (Å²) in [5.41, 5.74) is 6.65. The number of rotatable bonds is 4. The average Bonchev–Trinajstić information content (AvgIpc) is 3.08. The molecule has 1 aromatic heterocycles. The summed E-state index contributed by atoms with van der Waals surface area (Å²) >= 11 is 0. The van der Waals surface area contributed by atoms with E-state index in [9.17, 15) is 9.59 Å². The maximum Gasteiger partial charge on any atom is 0.252 e. The first kappa shape index (κ1) is 15.7. The van der Waals surface area contributed by atoms with E-state index in [4.69, 9.17) is 5.73 Å². The molecule has 0 bridgehead atoms. The molecule has 0 unspecified atom stereocenters. The minimum Gasteiger partial charge on any atom is -0.367 e. The van der Waals surface area contributed by atoms with Crippen molar-refractivity contribution in [1.29, 1.82) is 0 Å². The Labute approximate surface area is 136 Å². The van der Waals surface area contributed by atoms with Gasteiger partial charge < -0.3 is 15.5 Å². The SMILES string of the molecule is NC(=O)c1cnccc1N1CCN(C(=O)CN2CCCC2)CC1. The molecular weight excluding hydrogens is 294 g/mol. The molecule has 0 atom stereocenters. The third-order valence-electron chi connectivity index (χ3n) is 4.59. The summed E-state index contributed by atoms with van der Waals surface area (Å²) in [6.07, 6.45) is 5.55. The number of amides is 2. The van der Waals surface area contributed by atoms with Crippen LogP contribution in [0.1, 0.15) is 23.2 Å². The summed E-state index contributed by atoms with van der Waals surface area (Å²) in [7, 11) is 0. The molecule has 1 aromatic rings. The van der Waals surface area contributed by atoms with E-state index >= 15 is 0 Å². The van der Waals surface area contributed by atoms with E-state index in [1.54, 1.807) is 6.20 Å². The zero-order valence-corrected chi connectivity index (χ0v) is 13.3. The molecule has 0 saturated carbocycles. The summed E-state index contributed by atoms with van der Waals surface area (Å²) in [6, 6.07) is 1.81. The predicted molar refractivity (Wildman–Crippen MR) is 87.2 cm³/mol. The first-order valence-corrected chi connectivity index (χ1v) is 8.14. The number of anilines is 1. The fourth-order valence-electron chi connectivity index (χ4n) is 3.28. The highest BCUT2D eigenvalue weighted by atomic mass is 16.2. The van der Waals surface area contributed by atoms with Gasteiger partial charge in [0.1, 0.15) is 0 Å². The lowest BCUT2D eigenvalue weighted by molar-refractivity contribution is -0.132. The number of carbonyl (C=O) groups excluding carboxylic acids is 2. The van der Waals surface area contributed by atoms with Gasteiger partial charge in [-0.05, 0) is 32.0 Å². The van der Waals surface area contributed by atoms with E-state index in [0.29, 0.717) is 38.3 Å². The number of likely N-dealkylation sites (tertiary alicyclic amines) is 1. The number of nitrogens with two attached hydrogens (primary N) is 1. The number of pyridine rings is 1. The average molecular weight is 317 g/mol.